The molecule has 1 saturated heterocycles. The molecule has 27 heavy (non-hydrogen) atoms. The summed E-state index contributed by atoms with van der Waals surface area (Å²) in [4.78, 5) is 26.9. The van der Waals surface area contributed by atoms with Crippen molar-refractivity contribution < 1.29 is 9.59 Å². The fourth-order valence-corrected chi connectivity index (χ4v) is 3.57. The van der Waals surface area contributed by atoms with E-state index in [9.17, 15) is 9.59 Å². The van der Waals surface area contributed by atoms with Gasteiger partial charge >= 0.3 is 0 Å². The third kappa shape index (κ3) is 5.07. The lowest BCUT2D eigenvalue weighted by atomic mass is 10.0. The number of rotatable bonds is 7. The Balaban J connectivity index is 1.70. The number of amides is 2. The average Bonchev–Trinajstić information content (AvgIpc) is 2.64. The van der Waals surface area contributed by atoms with Crippen LogP contribution in [0.4, 0.5) is 0 Å². The fourth-order valence-electron chi connectivity index (χ4n) is 3.57. The Labute approximate surface area is 161 Å². The van der Waals surface area contributed by atoms with Crippen LogP contribution in [-0.2, 0) is 16.1 Å². The fraction of sp³-hybridized carbons (Fsp3) is 0.455. The van der Waals surface area contributed by atoms with Crippen molar-refractivity contribution >= 4 is 22.6 Å². The maximum atomic E-state index is 12.4. The summed E-state index contributed by atoms with van der Waals surface area (Å²) >= 11 is 0. The molecule has 1 fully saturated rings. The monoisotopic (exact) mass is 367 g/mol. The number of carbonyl (C=O) groups is 2. The number of nitrogens with one attached hydrogen (secondary N) is 2. The van der Waals surface area contributed by atoms with Gasteiger partial charge in [0.05, 0.1) is 12.5 Å². The predicted octanol–water partition coefficient (Wildman–Crippen LogP) is 2.69. The zero-order chi connectivity index (χ0) is 19.2. The van der Waals surface area contributed by atoms with E-state index in [0.29, 0.717) is 25.6 Å². The number of benzene rings is 2. The first-order valence-electron chi connectivity index (χ1n) is 9.79. The molecule has 5 nitrogen and oxygen atoms in total. The standard InChI is InChI=1S/C22H29N3O2/c1-16(2)10-11-23-21(26)14-20-22(27)24-12-13-25(20)15-18-8-5-7-17-6-3-4-9-19(17)18/h3-9,16,20H,10-15H2,1-2H3,(H,23,26)(H,24,27)/t20-/m0/s1. The number of fused-ring (bicyclic) bond motifs is 1. The Hall–Kier alpha value is -2.40. The second-order valence-corrected chi connectivity index (χ2v) is 7.65. The van der Waals surface area contributed by atoms with Crippen molar-refractivity contribution in [1.82, 2.24) is 15.5 Å². The number of hydrogen-bond donors (Lipinski definition) is 2. The lowest BCUT2D eigenvalue weighted by molar-refractivity contribution is -0.134. The summed E-state index contributed by atoms with van der Waals surface area (Å²) in [7, 11) is 0. The van der Waals surface area contributed by atoms with Crippen molar-refractivity contribution in [2.24, 2.45) is 5.92 Å². The molecule has 3 rings (SSSR count). The maximum absolute atomic E-state index is 12.4. The molecule has 0 unspecified atom stereocenters. The molecule has 0 radical (unpaired) electrons. The summed E-state index contributed by atoms with van der Waals surface area (Å²) in [5, 5.41) is 8.25. The van der Waals surface area contributed by atoms with Crippen LogP contribution in [0, 0.1) is 5.92 Å². The Morgan fingerprint density at radius 2 is 2.00 bits per heavy atom. The summed E-state index contributed by atoms with van der Waals surface area (Å²) in [5.74, 6) is 0.437. The predicted molar refractivity (Wildman–Crippen MR) is 108 cm³/mol. The molecule has 0 bridgehead atoms. The second-order valence-electron chi connectivity index (χ2n) is 7.65. The topological polar surface area (TPSA) is 61.4 Å². The van der Waals surface area contributed by atoms with Crippen LogP contribution < -0.4 is 10.6 Å². The van der Waals surface area contributed by atoms with E-state index in [-0.39, 0.29) is 18.2 Å². The van der Waals surface area contributed by atoms with E-state index in [0.717, 1.165) is 13.0 Å². The Bertz CT molecular complexity index is 798. The minimum absolute atomic E-state index is 0.0550. The zero-order valence-corrected chi connectivity index (χ0v) is 16.2. The van der Waals surface area contributed by atoms with Crippen molar-refractivity contribution in [3.63, 3.8) is 0 Å². The van der Waals surface area contributed by atoms with Gasteiger partial charge in [-0.2, -0.15) is 0 Å². The van der Waals surface area contributed by atoms with Crippen LogP contribution in [0.5, 0.6) is 0 Å². The number of nitrogens with zero attached hydrogens (tertiary/aromatic N) is 1. The quantitative estimate of drug-likeness (QED) is 0.791. The summed E-state index contributed by atoms with van der Waals surface area (Å²) in [6.07, 6.45) is 1.15. The molecule has 2 amide bonds. The maximum Gasteiger partial charge on any atom is 0.237 e. The molecular weight excluding hydrogens is 338 g/mol. The highest BCUT2D eigenvalue weighted by Gasteiger charge is 2.31. The first-order chi connectivity index (χ1) is 13.0. The van der Waals surface area contributed by atoms with Gasteiger partial charge in [-0.3, -0.25) is 14.5 Å². The number of hydrogen-bond acceptors (Lipinski definition) is 3. The summed E-state index contributed by atoms with van der Waals surface area (Å²) in [6.45, 7) is 6.96. The smallest absolute Gasteiger partial charge is 0.237 e. The first kappa shape index (κ1) is 19.4. The minimum Gasteiger partial charge on any atom is -0.356 e. The van der Waals surface area contributed by atoms with E-state index in [1.807, 2.05) is 12.1 Å². The molecule has 1 atom stereocenters. The highest BCUT2D eigenvalue weighted by Crippen LogP contribution is 2.22. The second kappa shape index (κ2) is 9.00. The lowest BCUT2D eigenvalue weighted by Gasteiger charge is -2.35. The van der Waals surface area contributed by atoms with E-state index in [4.69, 9.17) is 0 Å². The molecule has 5 heteroatoms. The van der Waals surface area contributed by atoms with Crippen LogP contribution in [0.15, 0.2) is 42.5 Å². The SMILES string of the molecule is CC(C)CCNC(=O)C[C@H]1C(=O)NCCN1Cc1cccc2ccccc12. The summed E-state index contributed by atoms with van der Waals surface area (Å²) < 4.78 is 0. The van der Waals surface area contributed by atoms with Crippen LogP contribution in [0.3, 0.4) is 0 Å². The molecule has 0 aliphatic carbocycles. The van der Waals surface area contributed by atoms with Gasteiger partial charge in [0.2, 0.25) is 11.8 Å². The van der Waals surface area contributed by atoms with Gasteiger partial charge in [0, 0.05) is 26.2 Å². The normalized spacial score (nSPS) is 17.9. The molecule has 144 valence electrons. The Morgan fingerprint density at radius 1 is 1.22 bits per heavy atom. The van der Waals surface area contributed by atoms with Gasteiger partial charge < -0.3 is 10.6 Å². The Morgan fingerprint density at radius 3 is 2.81 bits per heavy atom. The third-order valence-corrected chi connectivity index (χ3v) is 5.12. The largest absolute Gasteiger partial charge is 0.356 e. The van der Waals surface area contributed by atoms with E-state index >= 15 is 0 Å². The molecule has 2 aromatic carbocycles. The van der Waals surface area contributed by atoms with Crippen LogP contribution in [0.2, 0.25) is 0 Å². The molecule has 1 aliphatic heterocycles. The van der Waals surface area contributed by atoms with E-state index in [1.165, 1.54) is 16.3 Å². The van der Waals surface area contributed by atoms with Crippen LogP contribution in [0.1, 0.15) is 32.3 Å². The van der Waals surface area contributed by atoms with Gasteiger partial charge in [0.15, 0.2) is 0 Å². The Kier molecular flexibility index (Phi) is 6.45. The first-order valence-corrected chi connectivity index (χ1v) is 9.79. The van der Waals surface area contributed by atoms with Gasteiger partial charge in [0.1, 0.15) is 0 Å². The molecule has 0 spiro atoms. The minimum atomic E-state index is -0.420. The van der Waals surface area contributed by atoms with Gasteiger partial charge in [-0.1, -0.05) is 56.3 Å². The highest BCUT2D eigenvalue weighted by atomic mass is 16.2. The highest BCUT2D eigenvalue weighted by molar-refractivity contribution is 5.89. The van der Waals surface area contributed by atoms with Crippen LogP contribution >= 0.6 is 0 Å². The van der Waals surface area contributed by atoms with Crippen molar-refractivity contribution in [1.29, 1.82) is 0 Å². The van der Waals surface area contributed by atoms with Gasteiger partial charge in [-0.05, 0) is 28.7 Å². The average molecular weight is 367 g/mol. The van der Waals surface area contributed by atoms with Crippen LogP contribution in [-0.4, -0.2) is 42.4 Å². The number of piperazine rings is 1. The van der Waals surface area contributed by atoms with Crippen molar-refractivity contribution in [2.75, 3.05) is 19.6 Å². The molecule has 2 aromatic rings. The molecule has 2 N–H and O–H groups in total. The van der Waals surface area contributed by atoms with Crippen molar-refractivity contribution in [3.05, 3.63) is 48.0 Å². The van der Waals surface area contributed by atoms with Gasteiger partial charge in [0.25, 0.3) is 0 Å². The molecular formula is C22H29N3O2. The summed E-state index contributed by atoms with van der Waals surface area (Å²) in [5.41, 5.74) is 1.19. The van der Waals surface area contributed by atoms with E-state index < -0.39 is 6.04 Å². The molecule has 0 saturated carbocycles. The molecule has 0 aromatic heterocycles. The van der Waals surface area contributed by atoms with Gasteiger partial charge in [-0.15, -0.1) is 0 Å². The molecule has 1 heterocycles. The number of carbonyl (C=O) groups excluding carboxylic acids is 2. The lowest BCUT2D eigenvalue weighted by Crippen LogP contribution is -2.56. The van der Waals surface area contributed by atoms with E-state index in [1.54, 1.807) is 0 Å². The zero-order valence-electron chi connectivity index (χ0n) is 16.2. The van der Waals surface area contributed by atoms with Crippen LogP contribution in [0.25, 0.3) is 10.8 Å². The third-order valence-electron chi connectivity index (χ3n) is 5.12. The van der Waals surface area contributed by atoms with Crippen molar-refractivity contribution in [2.45, 2.75) is 39.3 Å². The van der Waals surface area contributed by atoms with E-state index in [2.05, 4.69) is 59.7 Å². The molecule has 1 aliphatic rings. The van der Waals surface area contributed by atoms with Gasteiger partial charge in [-0.25, -0.2) is 0 Å². The summed E-state index contributed by atoms with van der Waals surface area (Å²) in [6, 6.07) is 14.1. The van der Waals surface area contributed by atoms with Crippen molar-refractivity contribution in [3.8, 4) is 0 Å².